The molecule has 0 amide bonds. The molecule has 2 aromatic carbocycles. The second kappa shape index (κ2) is 4.35. The minimum atomic E-state index is 0.281. The molecule has 3 aromatic rings. The summed E-state index contributed by atoms with van der Waals surface area (Å²) < 4.78 is 3.28. The number of aromatic hydroxyl groups is 1. The molecule has 1 aliphatic carbocycles. The van der Waals surface area contributed by atoms with Crippen LogP contribution in [0.2, 0.25) is 0 Å². The lowest BCUT2D eigenvalue weighted by molar-refractivity contribution is 0.476. The molecule has 1 fully saturated rings. The topological polar surface area (TPSA) is 38.1 Å². The van der Waals surface area contributed by atoms with Gasteiger partial charge in [0.15, 0.2) is 0 Å². The molecule has 20 heavy (non-hydrogen) atoms. The first-order valence-corrected chi connectivity index (χ1v) is 7.49. The van der Waals surface area contributed by atoms with Gasteiger partial charge in [0.25, 0.3) is 0 Å². The first-order chi connectivity index (χ1) is 9.74. The maximum Gasteiger partial charge on any atom is 0.145 e. The highest BCUT2D eigenvalue weighted by Crippen LogP contribution is 2.42. The van der Waals surface area contributed by atoms with Crippen molar-refractivity contribution in [2.45, 2.75) is 18.9 Å². The summed E-state index contributed by atoms with van der Waals surface area (Å²) in [6, 6.07) is 14.1. The van der Waals surface area contributed by atoms with Crippen LogP contribution in [-0.2, 0) is 0 Å². The van der Waals surface area contributed by atoms with Gasteiger partial charge < -0.3 is 9.67 Å². The fourth-order valence-corrected chi connectivity index (χ4v) is 2.98. The van der Waals surface area contributed by atoms with E-state index in [4.69, 9.17) is 4.98 Å². The van der Waals surface area contributed by atoms with Gasteiger partial charge in [-0.3, -0.25) is 0 Å². The van der Waals surface area contributed by atoms with Crippen molar-refractivity contribution in [2.75, 3.05) is 0 Å². The summed E-state index contributed by atoms with van der Waals surface area (Å²) in [4.78, 5) is 4.74. The molecule has 0 radical (unpaired) electrons. The van der Waals surface area contributed by atoms with Crippen molar-refractivity contribution in [3.63, 3.8) is 0 Å². The maximum absolute atomic E-state index is 10.1. The quantitative estimate of drug-likeness (QED) is 0.751. The monoisotopic (exact) mass is 328 g/mol. The van der Waals surface area contributed by atoms with Crippen LogP contribution in [-0.4, -0.2) is 14.7 Å². The van der Waals surface area contributed by atoms with Crippen molar-refractivity contribution >= 4 is 27.0 Å². The van der Waals surface area contributed by atoms with Gasteiger partial charge in [-0.15, -0.1) is 0 Å². The molecule has 0 unspecified atom stereocenters. The van der Waals surface area contributed by atoms with Crippen LogP contribution >= 0.6 is 15.9 Å². The van der Waals surface area contributed by atoms with E-state index in [2.05, 4.69) is 26.6 Å². The van der Waals surface area contributed by atoms with E-state index in [1.54, 1.807) is 6.07 Å². The molecule has 1 aromatic heterocycles. The largest absolute Gasteiger partial charge is 0.507 e. The Morgan fingerprint density at radius 3 is 2.70 bits per heavy atom. The predicted octanol–water partition coefficient (Wildman–Crippen LogP) is 4.51. The standard InChI is InChI=1S/C16H13BrN2O/c17-10-5-8-14-13(9-10)18-16(19(14)11-6-7-11)12-3-1-2-4-15(12)20/h1-5,8-9,11,20H,6-7H2. The lowest BCUT2D eigenvalue weighted by Crippen LogP contribution is -1.97. The molecule has 1 N–H and O–H groups in total. The molecule has 4 heteroatoms. The Morgan fingerprint density at radius 1 is 1.15 bits per heavy atom. The van der Waals surface area contributed by atoms with Gasteiger partial charge in [0, 0.05) is 10.5 Å². The highest BCUT2D eigenvalue weighted by Gasteiger charge is 2.29. The fourth-order valence-electron chi connectivity index (χ4n) is 2.63. The Kier molecular flexibility index (Phi) is 2.60. The smallest absolute Gasteiger partial charge is 0.145 e. The molecule has 0 bridgehead atoms. The van der Waals surface area contributed by atoms with Gasteiger partial charge in [-0.05, 0) is 43.2 Å². The summed E-state index contributed by atoms with van der Waals surface area (Å²) >= 11 is 3.49. The lowest BCUT2D eigenvalue weighted by atomic mass is 10.2. The lowest BCUT2D eigenvalue weighted by Gasteiger charge is -2.08. The molecule has 0 aliphatic heterocycles. The van der Waals surface area contributed by atoms with Gasteiger partial charge in [-0.1, -0.05) is 28.1 Å². The number of hydrogen-bond donors (Lipinski definition) is 1. The Bertz CT molecular complexity index is 805. The molecular formula is C16H13BrN2O. The van der Waals surface area contributed by atoms with E-state index < -0.39 is 0 Å². The van der Waals surface area contributed by atoms with Crippen LogP contribution in [0.25, 0.3) is 22.4 Å². The van der Waals surface area contributed by atoms with Gasteiger partial charge in [0.1, 0.15) is 11.6 Å². The van der Waals surface area contributed by atoms with Crippen LogP contribution in [0.15, 0.2) is 46.9 Å². The number of hydrogen-bond acceptors (Lipinski definition) is 2. The molecule has 1 saturated carbocycles. The average Bonchev–Trinajstić information content (AvgIpc) is 3.20. The van der Waals surface area contributed by atoms with Gasteiger partial charge >= 0.3 is 0 Å². The SMILES string of the molecule is Oc1ccccc1-c1nc2cc(Br)ccc2n1C1CC1. The zero-order valence-electron chi connectivity index (χ0n) is 10.8. The van der Waals surface area contributed by atoms with Crippen molar-refractivity contribution in [3.8, 4) is 17.1 Å². The van der Waals surface area contributed by atoms with Gasteiger partial charge in [-0.25, -0.2) is 4.98 Å². The zero-order chi connectivity index (χ0) is 13.7. The van der Waals surface area contributed by atoms with Gasteiger partial charge in [0.05, 0.1) is 16.6 Å². The number of aromatic nitrogens is 2. The molecule has 0 atom stereocenters. The molecule has 1 aliphatic rings. The highest BCUT2D eigenvalue weighted by molar-refractivity contribution is 9.10. The summed E-state index contributed by atoms with van der Waals surface area (Å²) in [7, 11) is 0. The van der Waals surface area contributed by atoms with Crippen LogP contribution in [0.1, 0.15) is 18.9 Å². The Balaban J connectivity index is 2.03. The number of imidazole rings is 1. The molecule has 3 nitrogen and oxygen atoms in total. The first-order valence-electron chi connectivity index (χ1n) is 6.70. The third kappa shape index (κ3) is 1.83. The summed E-state index contributed by atoms with van der Waals surface area (Å²) in [6.45, 7) is 0. The summed E-state index contributed by atoms with van der Waals surface area (Å²) in [5, 5.41) is 10.1. The van der Waals surface area contributed by atoms with Crippen molar-refractivity contribution in [1.29, 1.82) is 0 Å². The van der Waals surface area contributed by atoms with Crippen LogP contribution in [0.5, 0.6) is 5.75 Å². The third-order valence-electron chi connectivity index (χ3n) is 3.71. The van der Waals surface area contributed by atoms with E-state index in [1.807, 2.05) is 30.3 Å². The second-order valence-corrected chi connectivity index (χ2v) is 6.10. The number of halogens is 1. The number of para-hydroxylation sites is 1. The summed E-state index contributed by atoms with van der Waals surface area (Å²) in [5.41, 5.74) is 2.89. The molecule has 4 rings (SSSR count). The van der Waals surface area contributed by atoms with E-state index in [1.165, 1.54) is 12.8 Å². The van der Waals surface area contributed by atoms with Crippen LogP contribution < -0.4 is 0 Å². The maximum atomic E-state index is 10.1. The van der Waals surface area contributed by atoms with Crippen LogP contribution in [0.3, 0.4) is 0 Å². The Hall–Kier alpha value is -1.81. The number of fused-ring (bicyclic) bond motifs is 1. The number of benzene rings is 2. The van der Waals surface area contributed by atoms with Crippen molar-refractivity contribution in [1.82, 2.24) is 9.55 Å². The highest BCUT2D eigenvalue weighted by atomic mass is 79.9. The van der Waals surface area contributed by atoms with Crippen molar-refractivity contribution in [3.05, 3.63) is 46.9 Å². The molecule has 0 saturated heterocycles. The number of nitrogens with zero attached hydrogens (tertiary/aromatic N) is 2. The van der Waals surface area contributed by atoms with E-state index in [0.717, 1.165) is 26.9 Å². The number of rotatable bonds is 2. The molecule has 100 valence electrons. The molecular weight excluding hydrogens is 316 g/mol. The van der Waals surface area contributed by atoms with Gasteiger partial charge in [0.2, 0.25) is 0 Å². The van der Waals surface area contributed by atoms with E-state index >= 15 is 0 Å². The normalized spacial score (nSPS) is 14.8. The van der Waals surface area contributed by atoms with Gasteiger partial charge in [-0.2, -0.15) is 0 Å². The minimum absolute atomic E-state index is 0.281. The zero-order valence-corrected chi connectivity index (χ0v) is 12.3. The Morgan fingerprint density at radius 2 is 1.95 bits per heavy atom. The first kappa shape index (κ1) is 12.0. The Labute approximate surface area is 125 Å². The fraction of sp³-hybridized carbons (Fsp3) is 0.188. The van der Waals surface area contributed by atoms with Crippen LogP contribution in [0, 0.1) is 0 Å². The summed E-state index contributed by atoms with van der Waals surface area (Å²) in [6.07, 6.45) is 2.37. The third-order valence-corrected chi connectivity index (χ3v) is 4.20. The predicted molar refractivity (Wildman–Crippen MR) is 82.8 cm³/mol. The van der Waals surface area contributed by atoms with Crippen molar-refractivity contribution < 1.29 is 5.11 Å². The van der Waals surface area contributed by atoms with E-state index in [9.17, 15) is 5.11 Å². The second-order valence-electron chi connectivity index (χ2n) is 5.19. The summed E-state index contributed by atoms with van der Waals surface area (Å²) in [5.74, 6) is 1.14. The van der Waals surface area contributed by atoms with Crippen LogP contribution in [0.4, 0.5) is 0 Å². The average molecular weight is 329 g/mol. The number of phenolic OH excluding ortho intramolecular Hbond substituents is 1. The van der Waals surface area contributed by atoms with E-state index in [0.29, 0.717) is 6.04 Å². The van der Waals surface area contributed by atoms with Crippen molar-refractivity contribution in [2.24, 2.45) is 0 Å². The van der Waals surface area contributed by atoms with E-state index in [-0.39, 0.29) is 5.75 Å². The molecule has 1 heterocycles. The minimum Gasteiger partial charge on any atom is -0.507 e. The number of phenols is 1. The molecule has 0 spiro atoms.